The predicted octanol–water partition coefficient (Wildman–Crippen LogP) is 3.65. The Balaban J connectivity index is 1.72. The third kappa shape index (κ3) is 6.70. The molecule has 0 bridgehead atoms. The van der Waals surface area contributed by atoms with Gasteiger partial charge in [0, 0.05) is 11.0 Å². The van der Waals surface area contributed by atoms with Crippen LogP contribution >= 0.6 is 15.9 Å². The van der Waals surface area contributed by atoms with Crippen LogP contribution in [0.1, 0.15) is 26.2 Å². The molecule has 1 aliphatic heterocycles. The lowest BCUT2D eigenvalue weighted by molar-refractivity contribution is -0.119. The molecule has 2 aromatic rings. The molecule has 0 aromatic heterocycles. The Morgan fingerprint density at radius 2 is 1.75 bits per heavy atom. The van der Waals surface area contributed by atoms with Crippen molar-refractivity contribution in [2.75, 3.05) is 43.6 Å². The SMILES string of the molecule is CCOc1ccc(N(CC(=O)NCCCN2CCCC2)S(=O)(=O)c2ccc(Br)cc2)cc1. The number of rotatable bonds is 11. The summed E-state index contributed by atoms with van der Waals surface area (Å²) in [5.74, 6) is 0.310. The lowest BCUT2D eigenvalue weighted by Crippen LogP contribution is -2.41. The zero-order valence-corrected chi connectivity index (χ0v) is 20.7. The first-order valence-corrected chi connectivity index (χ1v) is 13.1. The highest BCUT2D eigenvalue weighted by atomic mass is 79.9. The number of hydrogen-bond acceptors (Lipinski definition) is 5. The summed E-state index contributed by atoms with van der Waals surface area (Å²) in [6.07, 6.45) is 3.31. The molecule has 1 aliphatic rings. The van der Waals surface area contributed by atoms with Crippen LogP contribution < -0.4 is 14.4 Å². The molecule has 32 heavy (non-hydrogen) atoms. The molecule has 1 N–H and O–H groups in total. The number of nitrogens with one attached hydrogen (secondary N) is 1. The van der Waals surface area contributed by atoms with Gasteiger partial charge in [-0.2, -0.15) is 0 Å². The van der Waals surface area contributed by atoms with Crippen molar-refractivity contribution in [1.29, 1.82) is 0 Å². The Hall–Kier alpha value is -2.10. The van der Waals surface area contributed by atoms with Crippen LogP contribution in [-0.2, 0) is 14.8 Å². The molecule has 0 aliphatic carbocycles. The summed E-state index contributed by atoms with van der Waals surface area (Å²) >= 11 is 3.33. The van der Waals surface area contributed by atoms with Crippen molar-refractivity contribution < 1.29 is 17.9 Å². The summed E-state index contributed by atoms with van der Waals surface area (Å²) in [5.41, 5.74) is 0.406. The number of likely N-dealkylation sites (tertiary alicyclic amines) is 1. The minimum atomic E-state index is -3.93. The number of nitrogens with zero attached hydrogens (tertiary/aromatic N) is 2. The molecule has 9 heteroatoms. The third-order valence-corrected chi connectivity index (χ3v) is 7.61. The topological polar surface area (TPSA) is 79.0 Å². The summed E-state index contributed by atoms with van der Waals surface area (Å²) in [6, 6.07) is 13.1. The molecular weight excluding hydrogens is 494 g/mol. The Bertz CT molecular complexity index is 975. The van der Waals surface area contributed by atoms with Crippen LogP contribution in [0.4, 0.5) is 5.69 Å². The van der Waals surface area contributed by atoms with Gasteiger partial charge < -0.3 is 15.0 Å². The number of halogens is 1. The maximum Gasteiger partial charge on any atom is 0.264 e. The number of anilines is 1. The van der Waals surface area contributed by atoms with E-state index < -0.39 is 10.0 Å². The first-order chi connectivity index (χ1) is 15.4. The molecule has 0 spiro atoms. The number of ether oxygens (including phenoxy) is 1. The van der Waals surface area contributed by atoms with Gasteiger partial charge >= 0.3 is 0 Å². The third-order valence-electron chi connectivity index (χ3n) is 5.30. The molecule has 174 valence electrons. The van der Waals surface area contributed by atoms with Crippen LogP contribution in [0.15, 0.2) is 57.9 Å². The predicted molar refractivity (Wildman–Crippen MR) is 130 cm³/mol. The van der Waals surface area contributed by atoms with Gasteiger partial charge in [0.05, 0.1) is 17.2 Å². The van der Waals surface area contributed by atoms with Crippen LogP contribution in [0.25, 0.3) is 0 Å². The van der Waals surface area contributed by atoms with Gasteiger partial charge in [0.15, 0.2) is 0 Å². The summed E-state index contributed by atoms with van der Waals surface area (Å²) < 4.78 is 34.1. The van der Waals surface area contributed by atoms with E-state index in [4.69, 9.17) is 4.74 Å². The number of amides is 1. The van der Waals surface area contributed by atoms with Gasteiger partial charge in [0.2, 0.25) is 5.91 Å². The number of hydrogen-bond donors (Lipinski definition) is 1. The van der Waals surface area contributed by atoms with Crippen LogP contribution in [0.5, 0.6) is 5.75 Å². The quantitative estimate of drug-likeness (QED) is 0.454. The zero-order valence-electron chi connectivity index (χ0n) is 18.3. The van der Waals surface area contributed by atoms with Crippen LogP contribution in [0.2, 0.25) is 0 Å². The van der Waals surface area contributed by atoms with E-state index in [1.165, 1.54) is 25.0 Å². The van der Waals surface area contributed by atoms with Crippen molar-refractivity contribution in [3.8, 4) is 5.75 Å². The van der Waals surface area contributed by atoms with E-state index in [9.17, 15) is 13.2 Å². The molecule has 7 nitrogen and oxygen atoms in total. The van der Waals surface area contributed by atoms with E-state index in [0.717, 1.165) is 34.8 Å². The van der Waals surface area contributed by atoms with E-state index in [1.807, 2.05) is 6.92 Å². The lowest BCUT2D eigenvalue weighted by atomic mass is 10.3. The minimum absolute atomic E-state index is 0.122. The van der Waals surface area contributed by atoms with E-state index >= 15 is 0 Å². The lowest BCUT2D eigenvalue weighted by Gasteiger charge is -2.24. The Morgan fingerprint density at radius 3 is 2.38 bits per heavy atom. The van der Waals surface area contributed by atoms with E-state index in [0.29, 0.717) is 24.6 Å². The van der Waals surface area contributed by atoms with Crippen molar-refractivity contribution in [1.82, 2.24) is 10.2 Å². The van der Waals surface area contributed by atoms with Crippen LogP contribution in [0.3, 0.4) is 0 Å². The highest BCUT2D eigenvalue weighted by Gasteiger charge is 2.27. The van der Waals surface area contributed by atoms with E-state index in [2.05, 4.69) is 26.1 Å². The molecule has 0 unspecified atom stereocenters. The molecule has 1 saturated heterocycles. The van der Waals surface area contributed by atoms with Gasteiger partial charge in [-0.05, 0) is 94.4 Å². The highest BCUT2D eigenvalue weighted by molar-refractivity contribution is 9.10. The first kappa shape index (κ1) is 24.5. The number of benzene rings is 2. The second kappa shape index (κ2) is 11.7. The van der Waals surface area contributed by atoms with Gasteiger partial charge in [-0.3, -0.25) is 9.10 Å². The Kier molecular flexibility index (Phi) is 8.95. The van der Waals surface area contributed by atoms with Crippen molar-refractivity contribution in [2.45, 2.75) is 31.1 Å². The van der Waals surface area contributed by atoms with Crippen molar-refractivity contribution in [3.63, 3.8) is 0 Å². The van der Waals surface area contributed by atoms with Gasteiger partial charge in [0.25, 0.3) is 10.0 Å². The molecule has 1 amide bonds. The zero-order chi connectivity index (χ0) is 23.0. The Labute approximate surface area is 198 Å². The average Bonchev–Trinajstić information content (AvgIpc) is 3.30. The van der Waals surface area contributed by atoms with E-state index in [1.54, 1.807) is 36.4 Å². The van der Waals surface area contributed by atoms with Crippen molar-refractivity contribution in [2.24, 2.45) is 0 Å². The normalized spacial score (nSPS) is 14.3. The number of carbonyl (C=O) groups excluding carboxylic acids is 1. The molecule has 1 fully saturated rings. The van der Waals surface area contributed by atoms with Gasteiger partial charge in [-0.1, -0.05) is 15.9 Å². The second-order valence-electron chi connectivity index (χ2n) is 7.64. The molecule has 0 atom stereocenters. The van der Waals surface area contributed by atoms with Gasteiger partial charge in [-0.25, -0.2) is 8.42 Å². The van der Waals surface area contributed by atoms with Crippen LogP contribution in [-0.4, -0.2) is 58.6 Å². The largest absolute Gasteiger partial charge is 0.494 e. The monoisotopic (exact) mass is 523 g/mol. The fraction of sp³-hybridized carbons (Fsp3) is 0.435. The standard InChI is InChI=1S/C23H30BrN3O4S/c1-2-31-21-10-8-20(9-11-21)27(32(29,30)22-12-6-19(24)7-13-22)18-23(28)25-14-5-17-26-15-3-4-16-26/h6-13H,2-5,14-18H2,1H3,(H,25,28). The smallest absolute Gasteiger partial charge is 0.264 e. The molecule has 3 rings (SSSR count). The fourth-order valence-electron chi connectivity index (χ4n) is 3.65. The molecule has 0 radical (unpaired) electrons. The second-order valence-corrected chi connectivity index (χ2v) is 10.4. The first-order valence-electron chi connectivity index (χ1n) is 10.9. The summed E-state index contributed by atoms with van der Waals surface area (Å²) in [5, 5.41) is 2.87. The summed E-state index contributed by atoms with van der Waals surface area (Å²) in [7, 11) is -3.93. The number of carbonyl (C=O) groups is 1. The molecular formula is C23H30BrN3O4S. The van der Waals surface area contributed by atoms with Gasteiger partial charge in [-0.15, -0.1) is 0 Å². The van der Waals surface area contributed by atoms with Crippen molar-refractivity contribution in [3.05, 3.63) is 53.0 Å². The maximum atomic E-state index is 13.4. The van der Waals surface area contributed by atoms with Crippen molar-refractivity contribution >= 4 is 37.5 Å². The highest BCUT2D eigenvalue weighted by Crippen LogP contribution is 2.26. The van der Waals surface area contributed by atoms with Crippen LogP contribution in [0, 0.1) is 0 Å². The fourth-order valence-corrected chi connectivity index (χ4v) is 5.33. The minimum Gasteiger partial charge on any atom is -0.494 e. The molecule has 1 heterocycles. The summed E-state index contributed by atoms with van der Waals surface area (Å²) in [4.78, 5) is 15.2. The van der Waals surface area contributed by atoms with E-state index in [-0.39, 0.29) is 17.3 Å². The molecule has 2 aromatic carbocycles. The van der Waals surface area contributed by atoms with Gasteiger partial charge in [0.1, 0.15) is 12.3 Å². The Morgan fingerprint density at radius 1 is 1.09 bits per heavy atom. The maximum absolute atomic E-state index is 13.4. The molecule has 0 saturated carbocycles. The average molecular weight is 524 g/mol. The number of sulfonamides is 1. The summed E-state index contributed by atoms with van der Waals surface area (Å²) in [6.45, 7) is 5.79.